The molecule has 1 saturated heterocycles. The van der Waals surface area contributed by atoms with E-state index in [0.29, 0.717) is 18.3 Å². The van der Waals surface area contributed by atoms with Crippen LogP contribution in [0.15, 0.2) is 0 Å². The fraction of sp³-hybridized carbons (Fsp3) is 0.917. The summed E-state index contributed by atoms with van der Waals surface area (Å²) in [6, 6.07) is 0. The molecule has 1 heterocycles. The van der Waals surface area contributed by atoms with Crippen molar-refractivity contribution < 1.29 is 9.53 Å². The van der Waals surface area contributed by atoms with Gasteiger partial charge in [0.05, 0.1) is 0 Å². The quantitative estimate of drug-likeness (QED) is 0.713. The van der Waals surface area contributed by atoms with E-state index in [1.165, 1.54) is 0 Å². The van der Waals surface area contributed by atoms with Crippen LogP contribution in [0.2, 0.25) is 0 Å². The lowest BCUT2D eigenvalue weighted by Crippen LogP contribution is -2.37. The van der Waals surface area contributed by atoms with Gasteiger partial charge in [0.15, 0.2) is 0 Å². The molecule has 0 aromatic rings. The zero-order chi connectivity index (χ0) is 11.5. The highest BCUT2D eigenvalue weighted by Crippen LogP contribution is 2.23. The number of esters is 1. The van der Waals surface area contributed by atoms with E-state index in [0.717, 1.165) is 19.5 Å². The molecular formula is C12H23NO2. The Kier molecular flexibility index (Phi) is 4.14. The predicted octanol–water partition coefficient (Wildman–Crippen LogP) is 1.96. The monoisotopic (exact) mass is 213 g/mol. The molecule has 0 amide bonds. The Morgan fingerprint density at radius 1 is 1.47 bits per heavy atom. The second-order valence-electron chi connectivity index (χ2n) is 5.52. The Morgan fingerprint density at radius 2 is 2.13 bits per heavy atom. The third-order valence-corrected chi connectivity index (χ3v) is 2.81. The van der Waals surface area contributed by atoms with Gasteiger partial charge in [-0.1, -0.05) is 6.92 Å². The van der Waals surface area contributed by atoms with Crippen molar-refractivity contribution >= 4 is 5.97 Å². The Balaban J connectivity index is 2.36. The van der Waals surface area contributed by atoms with E-state index < -0.39 is 0 Å². The number of hydrogen-bond donors (Lipinski definition) is 1. The minimum absolute atomic E-state index is 0.0544. The van der Waals surface area contributed by atoms with E-state index in [4.69, 9.17) is 4.74 Å². The summed E-state index contributed by atoms with van der Waals surface area (Å²) < 4.78 is 5.33. The molecule has 0 aromatic carbocycles. The summed E-state index contributed by atoms with van der Waals surface area (Å²) in [5, 5.41) is 3.33. The molecule has 3 nitrogen and oxygen atoms in total. The van der Waals surface area contributed by atoms with Gasteiger partial charge in [-0.3, -0.25) is 4.79 Å². The summed E-state index contributed by atoms with van der Waals surface area (Å²) in [4.78, 5) is 11.6. The summed E-state index contributed by atoms with van der Waals surface area (Å²) >= 11 is 0. The lowest BCUT2D eigenvalue weighted by Gasteiger charge is -2.29. The van der Waals surface area contributed by atoms with Crippen LogP contribution >= 0.6 is 0 Å². The maximum absolute atomic E-state index is 11.6. The molecule has 0 radical (unpaired) electrons. The normalized spacial score (nSPS) is 27.5. The number of nitrogens with one attached hydrogen (secondary N) is 1. The zero-order valence-corrected chi connectivity index (χ0v) is 10.3. The highest BCUT2D eigenvalue weighted by Gasteiger charge is 2.26. The molecule has 0 aliphatic carbocycles. The van der Waals surface area contributed by atoms with Crippen molar-refractivity contribution in [2.24, 2.45) is 11.8 Å². The first-order valence-electron chi connectivity index (χ1n) is 5.81. The predicted molar refractivity (Wildman–Crippen MR) is 60.6 cm³/mol. The number of piperidine rings is 1. The first-order valence-corrected chi connectivity index (χ1v) is 5.81. The first-order chi connectivity index (χ1) is 6.88. The second kappa shape index (κ2) is 4.97. The fourth-order valence-corrected chi connectivity index (χ4v) is 1.97. The van der Waals surface area contributed by atoms with Crippen molar-refractivity contribution in [3.05, 3.63) is 0 Å². The van der Waals surface area contributed by atoms with Crippen molar-refractivity contribution in [3.8, 4) is 0 Å². The summed E-state index contributed by atoms with van der Waals surface area (Å²) in [7, 11) is 0. The van der Waals surface area contributed by atoms with Crippen LogP contribution in [0.5, 0.6) is 0 Å². The van der Waals surface area contributed by atoms with Gasteiger partial charge in [-0.05, 0) is 52.1 Å². The molecule has 0 unspecified atom stereocenters. The van der Waals surface area contributed by atoms with Crippen LogP contribution < -0.4 is 5.32 Å². The highest BCUT2D eigenvalue weighted by molar-refractivity contribution is 5.70. The Hall–Kier alpha value is -0.570. The molecule has 1 rings (SSSR count). The summed E-state index contributed by atoms with van der Waals surface area (Å²) in [6.07, 6.45) is 1.65. The zero-order valence-electron chi connectivity index (χ0n) is 10.3. The smallest absolute Gasteiger partial charge is 0.306 e. The van der Waals surface area contributed by atoms with E-state index in [9.17, 15) is 4.79 Å². The molecule has 1 aliphatic rings. The SMILES string of the molecule is C[C@@H]1CNCC[C@H]1CC(=O)OC(C)(C)C. The summed E-state index contributed by atoms with van der Waals surface area (Å²) in [6.45, 7) is 9.98. The standard InChI is InChI=1S/C12H23NO2/c1-9-8-13-6-5-10(9)7-11(14)15-12(2,3)4/h9-10,13H,5-8H2,1-4H3/t9-,10+/m1/s1. The molecule has 1 aliphatic heterocycles. The maximum Gasteiger partial charge on any atom is 0.306 e. The van der Waals surface area contributed by atoms with Gasteiger partial charge in [-0.2, -0.15) is 0 Å². The van der Waals surface area contributed by atoms with Gasteiger partial charge in [-0.15, -0.1) is 0 Å². The van der Waals surface area contributed by atoms with Gasteiger partial charge in [0.25, 0.3) is 0 Å². The van der Waals surface area contributed by atoms with Gasteiger partial charge in [0, 0.05) is 6.42 Å². The minimum atomic E-state index is -0.354. The highest BCUT2D eigenvalue weighted by atomic mass is 16.6. The average molecular weight is 213 g/mol. The fourth-order valence-electron chi connectivity index (χ4n) is 1.97. The molecule has 0 bridgehead atoms. The van der Waals surface area contributed by atoms with E-state index >= 15 is 0 Å². The van der Waals surface area contributed by atoms with Gasteiger partial charge < -0.3 is 10.1 Å². The van der Waals surface area contributed by atoms with Gasteiger partial charge in [-0.25, -0.2) is 0 Å². The second-order valence-corrected chi connectivity index (χ2v) is 5.52. The number of rotatable bonds is 2. The lowest BCUT2D eigenvalue weighted by molar-refractivity contribution is -0.156. The summed E-state index contributed by atoms with van der Waals surface area (Å²) in [5.74, 6) is 1.01. The molecule has 1 fully saturated rings. The van der Waals surface area contributed by atoms with E-state index in [1.807, 2.05) is 20.8 Å². The molecular weight excluding hydrogens is 190 g/mol. The molecule has 3 heteroatoms. The molecule has 0 spiro atoms. The topological polar surface area (TPSA) is 38.3 Å². The van der Waals surface area contributed by atoms with Crippen molar-refractivity contribution in [1.29, 1.82) is 0 Å². The number of carbonyl (C=O) groups is 1. The van der Waals surface area contributed by atoms with Crippen molar-refractivity contribution in [3.63, 3.8) is 0 Å². The Labute approximate surface area is 92.6 Å². The van der Waals surface area contributed by atoms with Gasteiger partial charge in [0.2, 0.25) is 0 Å². The third kappa shape index (κ3) is 4.65. The van der Waals surface area contributed by atoms with Crippen molar-refractivity contribution in [1.82, 2.24) is 5.32 Å². The Morgan fingerprint density at radius 3 is 2.67 bits per heavy atom. The molecule has 0 aromatic heterocycles. The van der Waals surface area contributed by atoms with E-state index in [-0.39, 0.29) is 11.6 Å². The van der Waals surface area contributed by atoms with Crippen LogP contribution in [-0.2, 0) is 9.53 Å². The molecule has 15 heavy (non-hydrogen) atoms. The van der Waals surface area contributed by atoms with Crippen molar-refractivity contribution in [2.45, 2.75) is 46.1 Å². The van der Waals surface area contributed by atoms with Crippen LogP contribution in [0, 0.1) is 11.8 Å². The minimum Gasteiger partial charge on any atom is -0.460 e. The largest absolute Gasteiger partial charge is 0.460 e. The Bertz CT molecular complexity index is 220. The van der Waals surface area contributed by atoms with Crippen LogP contribution in [0.4, 0.5) is 0 Å². The first kappa shape index (κ1) is 12.5. The molecule has 0 saturated carbocycles. The number of hydrogen-bond acceptors (Lipinski definition) is 3. The van der Waals surface area contributed by atoms with Crippen LogP contribution in [0.25, 0.3) is 0 Å². The lowest BCUT2D eigenvalue weighted by atomic mass is 9.85. The van der Waals surface area contributed by atoms with E-state index in [2.05, 4.69) is 12.2 Å². The average Bonchev–Trinajstić information content (AvgIpc) is 2.05. The van der Waals surface area contributed by atoms with Crippen LogP contribution in [0.1, 0.15) is 40.5 Å². The van der Waals surface area contributed by atoms with Crippen molar-refractivity contribution in [2.75, 3.05) is 13.1 Å². The third-order valence-electron chi connectivity index (χ3n) is 2.81. The van der Waals surface area contributed by atoms with Crippen LogP contribution in [0.3, 0.4) is 0 Å². The van der Waals surface area contributed by atoms with E-state index in [1.54, 1.807) is 0 Å². The van der Waals surface area contributed by atoms with Crippen LogP contribution in [-0.4, -0.2) is 24.7 Å². The number of ether oxygens (including phenoxy) is 1. The van der Waals surface area contributed by atoms with Gasteiger partial charge >= 0.3 is 5.97 Å². The summed E-state index contributed by atoms with van der Waals surface area (Å²) in [5.41, 5.74) is -0.354. The molecule has 88 valence electrons. The maximum atomic E-state index is 11.6. The van der Waals surface area contributed by atoms with Gasteiger partial charge in [0.1, 0.15) is 5.60 Å². The molecule has 2 atom stereocenters. The number of carbonyl (C=O) groups excluding carboxylic acids is 1. The molecule has 1 N–H and O–H groups in total.